The maximum atomic E-state index is 11.5. The number of hydrogen-bond acceptors (Lipinski definition) is 3. The smallest absolute Gasteiger partial charge is 0.271 e. The van der Waals surface area contributed by atoms with Crippen molar-refractivity contribution in [2.45, 2.75) is 20.0 Å². The van der Waals surface area contributed by atoms with Crippen molar-refractivity contribution in [1.82, 2.24) is 15.3 Å². The molecule has 0 radical (unpaired) electrons. The second-order valence-corrected chi connectivity index (χ2v) is 3.82. The third-order valence-electron chi connectivity index (χ3n) is 1.50. The number of carbonyl (C=O) groups excluding carboxylic acids is 1. The van der Waals surface area contributed by atoms with Gasteiger partial charge in [0.05, 0.1) is 17.9 Å². The normalized spacial score (nSPS) is 10.6. The van der Waals surface area contributed by atoms with E-state index in [0.717, 1.165) is 0 Å². The number of amides is 1. The Kier molecular flexibility index (Phi) is 3.65. The van der Waals surface area contributed by atoms with Crippen molar-refractivity contribution in [2.75, 3.05) is 0 Å². The summed E-state index contributed by atoms with van der Waals surface area (Å²) >= 11 is 3.24. The predicted molar refractivity (Wildman–Crippen MR) is 54.6 cm³/mol. The van der Waals surface area contributed by atoms with Crippen molar-refractivity contribution < 1.29 is 9.63 Å². The largest absolute Gasteiger partial charge is 0.279 e. The van der Waals surface area contributed by atoms with Crippen molar-refractivity contribution in [2.24, 2.45) is 7.05 Å². The van der Waals surface area contributed by atoms with Gasteiger partial charge in [0, 0.05) is 7.05 Å². The van der Waals surface area contributed by atoms with Gasteiger partial charge in [0.25, 0.3) is 5.91 Å². The monoisotopic (exact) mass is 261 g/mol. The van der Waals surface area contributed by atoms with Crippen LogP contribution in [0.5, 0.6) is 0 Å². The molecule has 1 N–H and O–H groups in total. The molecule has 1 aromatic rings. The lowest BCUT2D eigenvalue weighted by atomic mass is 10.3. The lowest BCUT2D eigenvalue weighted by molar-refractivity contribution is 0.000129. The van der Waals surface area contributed by atoms with Crippen LogP contribution in [0.25, 0.3) is 0 Å². The highest BCUT2D eigenvalue weighted by atomic mass is 79.9. The molecule has 0 saturated carbocycles. The molecule has 0 unspecified atom stereocenters. The van der Waals surface area contributed by atoms with Gasteiger partial charge in [-0.2, -0.15) is 5.10 Å². The Balaban J connectivity index is 2.66. The molecule has 5 nitrogen and oxygen atoms in total. The summed E-state index contributed by atoms with van der Waals surface area (Å²) in [5.74, 6) is -0.307. The van der Waals surface area contributed by atoms with Gasteiger partial charge in [-0.1, -0.05) is 0 Å². The first kappa shape index (κ1) is 11.2. The number of hydroxylamine groups is 1. The summed E-state index contributed by atoms with van der Waals surface area (Å²) in [6.07, 6.45) is 1.43. The van der Waals surface area contributed by atoms with E-state index in [4.69, 9.17) is 4.84 Å². The SMILES string of the molecule is CC(C)ONC(=O)c1cnn(C)c1Br. The Morgan fingerprint density at radius 1 is 1.71 bits per heavy atom. The first-order chi connectivity index (χ1) is 6.52. The maximum Gasteiger partial charge on any atom is 0.279 e. The first-order valence-corrected chi connectivity index (χ1v) is 4.95. The van der Waals surface area contributed by atoms with Crippen LogP contribution in [0.2, 0.25) is 0 Å². The summed E-state index contributed by atoms with van der Waals surface area (Å²) in [5, 5.41) is 3.92. The summed E-state index contributed by atoms with van der Waals surface area (Å²) in [6, 6.07) is 0. The minimum absolute atomic E-state index is 0.0469. The van der Waals surface area contributed by atoms with Crippen LogP contribution in [0.3, 0.4) is 0 Å². The van der Waals surface area contributed by atoms with Crippen LogP contribution in [0.1, 0.15) is 24.2 Å². The van der Waals surface area contributed by atoms with Crippen LogP contribution < -0.4 is 5.48 Å². The van der Waals surface area contributed by atoms with Crippen molar-refractivity contribution in [3.63, 3.8) is 0 Å². The lowest BCUT2D eigenvalue weighted by Gasteiger charge is -2.07. The average molecular weight is 262 g/mol. The Morgan fingerprint density at radius 3 is 2.79 bits per heavy atom. The molecule has 0 atom stereocenters. The molecule has 78 valence electrons. The Labute approximate surface area is 90.5 Å². The fraction of sp³-hybridized carbons (Fsp3) is 0.500. The van der Waals surface area contributed by atoms with Gasteiger partial charge < -0.3 is 0 Å². The van der Waals surface area contributed by atoms with Crippen molar-refractivity contribution in [3.05, 3.63) is 16.4 Å². The minimum Gasteiger partial charge on any atom is -0.271 e. The zero-order valence-electron chi connectivity index (χ0n) is 8.24. The molecular weight excluding hydrogens is 250 g/mol. The second kappa shape index (κ2) is 4.56. The Morgan fingerprint density at radius 2 is 2.36 bits per heavy atom. The van der Waals surface area contributed by atoms with Gasteiger partial charge in [-0.25, -0.2) is 5.48 Å². The number of aromatic nitrogens is 2. The molecule has 1 heterocycles. The topological polar surface area (TPSA) is 56.1 Å². The second-order valence-electron chi connectivity index (χ2n) is 3.07. The Hall–Kier alpha value is -0.880. The third kappa shape index (κ3) is 2.55. The molecule has 0 fully saturated rings. The van der Waals surface area contributed by atoms with Crippen LogP contribution in [0.4, 0.5) is 0 Å². The molecule has 0 aliphatic carbocycles. The third-order valence-corrected chi connectivity index (χ3v) is 2.44. The van der Waals surface area contributed by atoms with Gasteiger partial charge >= 0.3 is 0 Å². The number of carbonyl (C=O) groups is 1. The number of aryl methyl sites for hydroxylation is 1. The first-order valence-electron chi connectivity index (χ1n) is 4.16. The number of rotatable bonds is 3. The molecule has 1 aromatic heterocycles. The van der Waals surface area contributed by atoms with E-state index in [9.17, 15) is 4.79 Å². The highest BCUT2D eigenvalue weighted by molar-refractivity contribution is 9.10. The minimum atomic E-state index is -0.307. The van der Waals surface area contributed by atoms with Gasteiger partial charge in [0.1, 0.15) is 4.60 Å². The predicted octanol–water partition coefficient (Wildman–Crippen LogP) is 1.25. The van der Waals surface area contributed by atoms with Crippen LogP contribution in [0.15, 0.2) is 10.8 Å². The molecule has 6 heteroatoms. The van der Waals surface area contributed by atoms with E-state index in [1.165, 1.54) is 6.20 Å². The van der Waals surface area contributed by atoms with Gasteiger partial charge in [-0.05, 0) is 29.8 Å². The van der Waals surface area contributed by atoms with Gasteiger partial charge in [0.15, 0.2) is 0 Å². The molecule has 0 spiro atoms. The van der Waals surface area contributed by atoms with E-state index in [-0.39, 0.29) is 12.0 Å². The molecule has 1 amide bonds. The molecule has 0 aliphatic heterocycles. The fourth-order valence-corrected chi connectivity index (χ4v) is 1.18. The van der Waals surface area contributed by atoms with Crippen molar-refractivity contribution in [1.29, 1.82) is 0 Å². The molecule has 0 saturated heterocycles. The quantitative estimate of drug-likeness (QED) is 0.834. The molecule has 1 rings (SSSR count). The maximum absolute atomic E-state index is 11.5. The van der Waals surface area contributed by atoms with Crippen molar-refractivity contribution in [3.8, 4) is 0 Å². The fourth-order valence-electron chi connectivity index (χ4n) is 0.801. The van der Waals surface area contributed by atoms with Gasteiger partial charge in [0.2, 0.25) is 0 Å². The molecular formula is C8H12BrN3O2. The average Bonchev–Trinajstić information content (AvgIpc) is 2.44. The summed E-state index contributed by atoms with van der Waals surface area (Å²) in [4.78, 5) is 16.4. The van der Waals surface area contributed by atoms with Crippen molar-refractivity contribution >= 4 is 21.8 Å². The summed E-state index contributed by atoms with van der Waals surface area (Å²) < 4.78 is 2.19. The molecule has 0 aliphatic rings. The number of nitrogens with one attached hydrogen (secondary N) is 1. The van der Waals surface area contributed by atoms with E-state index in [1.807, 2.05) is 13.8 Å². The Bertz CT molecular complexity index is 335. The highest BCUT2D eigenvalue weighted by Crippen LogP contribution is 2.14. The zero-order chi connectivity index (χ0) is 10.7. The number of halogens is 1. The van der Waals surface area contributed by atoms with E-state index >= 15 is 0 Å². The van der Waals surface area contributed by atoms with Crippen LogP contribution in [-0.2, 0) is 11.9 Å². The highest BCUT2D eigenvalue weighted by Gasteiger charge is 2.14. The summed E-state index contributed by atoms with van der Waals surface area (Å²) in [6.45, 7) is 3.66. The lowest BCUT2D eigenvalue weighted by Crippen LogP contribution is -2.26. The van der Waals surface area contributed by atoms with Gasteiger partial charge in [-0.15, -0.1) is 0 Å². The van der Waals surface area contributed by atoms with E-state index in [0.29, 0.717) is 10.2 Å². The standard InChI is InChI=1S/C8H12BrN3O2/c1-5(2)14-11-8(13)6-4-10-12(3)7(6)9/h4-5H,1-3H3,(H,11,13). The zero-order valence-corrected chi connectivity index (χ0v) is 9.83. The van der Waals surface area contributed by atoms with E-state index < -0.39 is 0 Å². The number of nitrogens with zero attached hydrogens (tertiary/aromatic N) is 2. The summed E-state index contributed by atoms with van der Waals surface area (Å²) in [5.41, 5.74) is 2.78. The van der Waals surface area contributed by atoms with E-state index in [2.05, 4.69) is 26.5 Å². The summed E-state index contributed by atoms with van der Waals surface area (Å²) in [7, 11) is 1.74. The molecule has 0 aromatic carbocycles. The van der Waals surface area contributed by atoms with Crippen LogP contribution >= 0.6 is 15.9 Å². The molecule has 0 bridgehead atoms. The molecule has 14 heavy (non-hydrogen) atoms. The van der Waals surface area contributed by atoms with Crippen LogP contribution in [-0.4, -0.2) is 21.8 Å². The van der Waals surface area contributed by atoms with E-state index in [1.54, 1.807) is 11.7 Å². The van der Waals surface area contributed by atoms with Gasteiger partial charge in [-0.3, -0.25) is 14.3 Å². The number of hydrogen-bond donors (Lipinski definition) is 1. The van der Waals surface area contributed by atoms with Crippen LogP contribution in [0, 0.1) is 0 Å².